The molecule has 0 spiro atoms. The molecule has 1 aliphatic rings. The minimum absolute atomic E-state index is 0.405. The van der Waals surface area contributed by atoms with Crippen LogP contribution in [0.15, 0.2) is 24.3 Å². The largest absolute Gasteiger partial charge is 0.388 e. The zero-order valence-corrected chi connectivity index (χ0v) is 12.1. The van der Waals surface area contributed by atoms with Gasteiger partial charge in [0.15, 0.2) is 0 Å². The van der Waals surface area contributed by atoms with Gasteiger partial charge >= 0.3 is 0 Å². The molecule has 1 aromatic carbocycles. The summed E-state index contributed by atoms with van der Waals surface area (Å²) in [7, 11) is 1.78. The van der Waals surface area contributed by atoms with Gasteiger partial charge in [0.2, 0.25) is 0 Å². The number of methoxy groups -OCH3 is 1. The third-order valence-corrected chi connectivity index (χ3v) is 4.09. The molecule has 1 unspecified atom stereocenters. The van der Waals surface area contributed by atoms with Gasteiger partial charge in [0.25, 0.3) is 0 Å². The molecule has 0 saturated carbocycles. The first kappa shape index (κ1) is 14.8. The first-order valence-corrected chi connectivity index (χ1v) is 7.25. The standard InChI is InChI=1S/C15H22ClNO2/c1-19-14-6-9-17(10-7-14)11-8-15(18)12-2-4-13(16)5-3-12/h2-5,14-15,18H,6-11H2,1H3. The molecule has 1 aliphatic heterocycles. The van der Waals surface area contributed by atoms with E-state index in [0.29, 0.717) is 11.1 Å². The van der Waals surface area contributed by atoms with Gasteiger partial charge in [-0.25, -0.2) is 0 Å². The van der Waals surface area contributed by atoms with E-state index in [0.717, 1.165) is 44.5 Å². The summed E-state index contributed by atoms with van der Waals surface area (Å²) in [5.74, 6) is 0. The van der Waals surface area contributed by atoms with E-state index >= 15 is 0 Å². The minimum Gasteiger partial charge on any atom is -0.388 e. The van der Waals surface area contributed by atoms with Crippen molar-refractivity contribution in [2.45, 2.75) is 31.5 Å². The summed E-state index contributed by atoms with van der Waals surface area (Å²) in [5.41, 5.74) is 0.941. The van der Waals surface area contributed by atoms with Crippen LogP contribution in [-0.4, -0.2) is 42.9 Å². The second kappa shape index (κ2) is 7.25. The number of benzene rings is 1. The van der Waals surface area contributed by atoms with E-state index in [2.05, 4.69) is 4.90 Å². The van der Waals surface area contributed by atoms with Crippen molar-refractivity contribution in [1.29, 1.82) is 0 Å². The van der Waals surface area contributed by atoms with Crippen molar-refractivity contribution in [1.82, 2.24) is 4.90 Å². The van der Waals surface area contributed by atoms with Gasteiger partial charge in [0.05, 0.1) is 12.2 Å². The highest BCUT2D eigenvalue weighted by Crippen LogP contribution is 2.20. The number of rotatable bonds is 5. The van der Waals surface area contributed by atoms with Gasteiger partial charge in [-0.15, -0.1) is 0 Å². The van der Waals surface area contributed by atoms with Crippen LogP contribution >= 0.6 is 11.6 Å². The lowest BCUT2D eigenvalue weighted by Gasteiger charge is -2.31. The van der Waals surface area contributed by atoms with Crippen LogP contribution in [0.5, 0.6) is 0 Å². The average Bonchev–Trinajstić information content (AvgIpc) is 2.46. The predicted molar refractivity (Wildman–Crippen MR) is 77.5 cm³/mol. The first-order chi connectivity index (χ1) is 9.19. The van der Waals surface area contributed by atoms with E-state index in [9.17, 15) is 5.11 Å². The number of aliphatic hydroxyl groups is 1. The van der Waals surface area contributed by atoms with Crippen LogP contribution in [0.3, 0.4) is 0 Å². The second-order valence-electron chi connectivity index (χ2n) is 5.13. The lowest BCUT2D eigenvalue weighted by Crippen LogP contribution is -2.37. The van der Waals surface area contributed by atoms with Crippen molar-refractivity contribution in [3.8, 4) is 0 Å². The molecule has 0 radical (unpaired) electrons. The van der Waals surface area contributed by atoms with Crippen LogP contribution in [0.2, 0.25) is 5.02 Å². The van der Waals surface area contributed by atoms with Crippen molar-refractivity contribution >= 4 is 11.6 Å². The molecule has 1 fully saturated rings. The summed E-state index contributed by atoms with van der Waals surface area (Å²) in [4.78, 5) is 2.40. The molecule has 0 aromatic heterocycles. The maximum absolute atomic E-state index is 10.1. The maximum atomic E-state index is 10.1. The Kier molecular flexibility index (Phi) is 5.64. The summed E-state index contributed by atoms with van der Waals surface area (Å²) < 4.78 is 5.36. The van der Waals surface area contributed by atoms with Crippen molar-refractivity contribution in [2.75, 3.05) is 26.7 Å². The molecule has 106 valence electrons. The summed E-state index contributed by atoms with van der Waals surface area (Å²) in [6.07, 6.45) is 2.95. The quantitative estimate of drug-likeness (QED) is 0.902. The SMILES string of the molecule is COC1CCN(CCC(O)c2ccc(Cl)cc2)CC1. The maximum Gasteiger partial charge on any atom is 0.0802 e. The third-order valence-electron chi connectivity index (χ3n) is 3.84. The van der Waals surface area contributed by atoms with E-state index in [1.807, 2.05) is 24.3 Å². The highest BCUT2D eigenvalue weighted by molar-refractivity contribution is 6.30. The molecular formula is C15H22ClNO2. The van der Waals surface area contributed by atoms with Gasteiger partial charge < -0.3 is 14.7 Å². The average molecular weight is 284 g/mol. The zero-order valence-electron chi connectivity index (χ0n) is 11.4. The number of halogens is 1. The molecule has 4 heteroatoms. The number of likely N-dealkylation sites (tertiary alicyclic amines) is 1. The summed E-state index contributed by atoms with van der Waals surface area (Å²) in [6.45, 7) is 3.05. The number of piperidine rings is 1. The molecule has 2 rings (SSSR count). The minimum atomic E-state index is -0.405. The number of ether oxygens (including phenoxy) is 1. The Hall–Kier alpha value is -0.610. The molecule has 0 amide bonds. The molecular weight excluding hydrogens is 262 g/mol. The van der Waals surface area contributed by atoms with Crippen molar-refractivity contribution in [2.24, 2.45) is 0 Å². The zero-order chi connectivity index (χ0) is 13.7. The summed E-state index contributed by atoms with van der Waals surface area (Å²) >= 11 is 5.84. The molecule has 1 aromatic rings. The Morgan fingerprint density at radius 2 is 1.95 bits per heavy atom. The smallest absolute Gasteiger partial charge is 0.0802 e. The topological polar surface area (TPSA) is 32.7 Å². The van der Waals surface area contributed by atoms with E-state index in [1.165, 1.54) is 0 Å². The van der Waals surface area contributed by atoms with E-state index in [1.54, 1.807) is 7.11 Å². The summed E-state index contributed by atoms with van der Waals surface area (Å²) in [5, 5.41) is 10.9. The number of aliphatic hydroxyl groups excluding tert-OH is 1. The van der Waals surface area contributed by atoms with Crippen LogP contribution in [0.4, 0.5) is 0 Å². The molecule has 0 aliphatic carbocycles. The Morgan fingerprint density at radius 1 is 1.32 bits per heavy atom. The van der Waals surface area contributed by atoms with E-state index < -0.39 is 6.10 Å². The molecule has 1 heterocycles. The van der Waals surface area contributed by atoms with Gasteiger partial charge in [-0.1, -0.05) is 23.7 Å². The molecule has 1 saturated heterocycles. The van der Waals surface area contributed by atoms with Crippen LogP contribution in [0.1, 0.15) is 30.9 Å². The fraction of sp³-hybridized carbons (Fsp3) is 0.600. The highest BCUT2D eigenvalue weighted by Gasteiger charge is 2.19. The van der Waals surface area contributed by atoms with E-state index in [-0.39, 0.29) is 0 Å². The second-order valence-corrected chi connectivity index (χ2v) is 5.57. The fourth-order valence-electron chi connectivity index (χ4n) is 2.53. The fourth-order valence-corrected chi connectivity index (χ4v) is 2.65. The van der Waals surface area contributed by atoms with Crippen molar-refractivity contribution < 1.29 is 9.84 Å². The van der Waals surface area contributed by atoms with Crippen molar-refractivity contribution in [3.05, 3.63) is 34.9 Å². The molecule has 1 N–H and O–H groups in total. The lowest BCUT2D eigenvalue weighted by molar-refractivity contribution is 0.0361. The number of nitrogens with zero attached hydrogens (tertiary/aromatic N) is 1. The molecule has 3 nitrogen and oxygen atoms in total. The van der Waals surface area contributed by atoms with Crippen LogP contribution in [0.25, 0.3) is 0 Å². The number of hydrogen-bond acceptors (Lipinski definition) is 3. The highest BCUT2D eigenvalue weighted by atomic mass is 35.5. The normalized spacial score (nSPS) is 19.5. The predicted octanol–water partition coefficient (Wildman–Crippen LogP) is 2.87. The van der Waals surface area contributed by atoms with Gasteiger partial charge in [0, 0.05) is 31.8 Å². The Bertz CT molecular complexity index is 374. The molecule has 19 heavy (non-hydrogen) atoms. The summed E-state index contributed by atoms with van der Waals surface area (Å²) in [6, 6.07) is 7.43. The van der Waals surface area contributed by atoms with Gasteiger partial charge in [-0.3, -0.25) is 0 Å². The van der Waals surface area contributed by atoms with Gasteiger partial charge in [-0.05, 0) is 37.0 Å². The Labute approximate surface area is 120 Å². The lowest BCUT2D eigenvalue weighted by atomic mass is 10.0. The number of hydrogen-bond donors (Lipinski definition) is 1. The Morgan fingerprint density at radius 3 is 2.53 bits per heavy atom. The van der Waals surface area contributed by atoms with Gasteiger partial charge in [0.1, 0.15) is 0 Å². The van der Waals surface area contributed by atoms with Gasteiger partial charge in [-0.2, -0.15) is 0 Å². The monoisotopic (exact) mass is 283 g/mol. The van der Waals surface area contributed by atoms with E-state index in [4.69, 9.17) is 16.3 Å². The first-order valence-electron chi connectivity index (χ1n) is 6.87. The third kappa shape index (κ3) is 4.46. The van der Waals surface area contributed by atoms with Crippen LogP contribution in [0, 0.1) is 0 Å². The molecule has 1 atom stereocenters. The van der Waals surface area contributed by atoms with Crippen molar-refractivity contribution in [3.63, 3.8) is 0 Å². The molecule has 0 bridgehead atoms. The van der Waals surface area contributed by atoms with Crippen LogP contribution in [-0.2, 0) is 4.74 Å². The van der Waals surface area contributed by atoms with Crippen LogP contribution < -0.4 is 0 Å². The Balaban J connectivity index is 1.75.